The first-order chi connectivity index (χ1) is 11.8. The fraction of sp³-hybridized carbons (Fsp3) is 0.118. The van der Waals surface area contributed by atoms with E-state index >= 15 is 0 Å². The van der Waals surface area contributed by atoms with Gasteiger partial charge in [-0.1, -0.05) is 0 Å². The number of carbonyl (C=O) groups is 1. The number of fused-ring (bicyclic) bond motifs is 1. The minimum atomic E-state index is -3.72. The van der Waals surface area contributed by atoms with Crippen molar-refractivity contribution in [2.24, 2.45) is 0 Å². The van der Waals surface area contributed by atoms with Crippen molar-refractivity contribution >= 4 is 5.91 Å². The molecule has 1 aliphatic rings. The third-order valence-electron chi connectivity index (χ3n) is 3.42. The first-order valence-corrected chi connectivity index (χ1v) is 7.12. The van der Waals surface area contributed by atoms with Gasteiger partial charge in [-0.3, -0.25) is 15.7 Å². The van der Waals surface area contributed by atoms with Crippen molar-refractivity contribution in [3.63, 3.8) is 0 Å². The summed E-state index contributed by atoms with van der Waals surface area (Å²) in [6.45, 7) is 8.79. The quantitative estimate of drug-likeness (QED) is 0.690. The van der Waals surface area contributed by atoms with Crippen molar-refractivity contribution in [2.45, 2.75) is 12.3 Å². The van der Waals surface area contributed by atoms with Crippen LogP contribution in [0.1, 0.15) is 10.4 Å². The number of ether oxygens (including phenoxy) is 2. The molecule has 1 aliphatic heterocycles. The van der Waals surface area contributed by atoms with Gasteiger partial charge >= 0.3 is 6.29 Å². The SMILES string of the molecule is O.O.[CH-]=C[C@H]([CH2-])NC(=O)c1ccc(-c2ccc3c(c2)OC(F)(F)O3)[nH]c1=O.[Sc]. The largest absolute Gasteiger partial charge is 0.586 e. The average molecular weight is 427 g/mol. The van der Waals surface area contributed by atoms with Gasteiger partial charge in [-0.15, -0.1) is 14.8 Å². The number of rotatable bonds is 4. The van der Waals surface area contributed by atoms with E-state index < -0.39 is 23.8 Å². The zero-order valence-electron chi connectivity index (χ0n) is 14.3. The van der Waals surface area contributed by atoms with E-state index in [0.29, 0.717) is 11.3 Å². The molecule has 28 heavy (non-hydrogen) atoms. The van der Waals surface area contributed by atoms with Crippen molar-refractivity contribution in [1.82, 2.24) is 10.3 Å². The number of pyridine rings is 1. The topological polar surface area (TPSA) is 143 Å². The first kappa shape index (κ1) is 25.6. The fourth-order valence-electron chi connectivity index (χ4n) is 2.23. The van der Waals surface area contributed by atoms with Gasteiger partial charge in [0.2, 0.25) is 0 Å². The summed E-state index contributed by atoms with van der Waals surface area (Å²) in [7, 11) is 0. The Labute approximate surface area is 177 Å². The molecular weight excluding hydrogens is 411 g/mol. The van der Waals surface area contributed by atoms with Crippen LogP contribution in [0.15, 0.2) is 41.2 Å². The third kappa shape index (κ3) is 5.33. The van der Waals surface area contributed by atoms with Crippen LogP contribution < -0.4 is 20.3 Å². The maximum Gasteiger partial charge on any atom is 0.586 e. The molecule has 2 heterocycles. The van der Waals surface area contributed by atoms with Gasteiger partial charge in [0.15, 0.2) is 11.5 Å². The Morgan fingerprint density at radius 3 is 2.46 bits per heavy atom. The van der Waals surface area contributed by atoms with Crippen LogP contribution >= 0.6 is 0 Å². The summed E-state index contributed by atoms with van der Waals surface area (Å²) < 4.78 is 34.8. The normalized spacial score (nSPS) is 13.8. The predicted molar refractivity (Wildman–Crippen MR) is 91.4 cm³/mol. The summed E-state index contributed by atoms with van der Waals surface area (Å²) in [5, 5.41) is 2.42. The molecule has 8 nitrogen and oxygen atoms in total. The molecule has 1 amide bonds. The average Bonchev–Trinajstić information content (AvgIpc) is 2.87. The predicted octanol–water partition coefficient (Wildman–Crippen LogP) is 0.633. The molecule has 3 rings (SSSR count). The molecule has 0 saturated heterocycles. The van der Waals surface area contributed by atoms with Gasteiger partial charge in [0.25, 0.3) is 11.5 Å². The second-order valence-corrected chi connectivity index (χ2v) is 5.22. The monoisotopic (exact) mass is 427 g/mol. The van der Waals surface area contributed by atoms with Crippen LogP contribution in [-0.2, 0) is 25.8 Å². The van der Waals surface area contributed by atoms with E-state index in [0.717, 1.165) is 0 Å². The number of alkyl halides is 2. The minimum Gasteiger partial charge on any atom is -0.519 e. The summed E-state index contributed by atoms with van der Waals surface area (Å²) in [6.07, 6.45) is -2.55. The molecule has 149 valence electrons. The number of H-pyrrole nitrogens is 1. The summed E-state index contributed by atoms with van der Waals surface area (Å²) >= 11 is 0. The molecule has 1 aromatic carbocycles. The number of aromatic nitrogens is 1. The molecule has 1 atom stereocenters. The van der Waals surface area contributed by atoms with E-state index in [1.165, 1.54) is 36.4 Å². The van der Waals surface area contributed by atoms with Gasteiger partial charge in [0.05, 0.1) is 0 Å². The van der Waals surface area contributed by atoms with Gasteiger partial charge in [0.1, 0.15) is 5.56 Å². The zero-order valence-corrected chi connectivity index (χ0v) is 16.1. The molecule has 0 bridgehead atoms. The standard InChI is InChI=1S/C17H12F2N2O4.2H2O.Sc/c1-3-9(2)20-15(22)11-5-6-12(21-16(11)23)10-4-7-13-14(8-10)25-17(18,19)24-13;;;/h1,3-9H,2H2,(H,20,22)(H,21,23);2*1H2;/q-2;;;/t9-;;;/m0.../s1. The van der Waals surface area contributed by atoms with Crippen LogP contribution in [0, 0.1) is 13.5 Å². The molecule has 0 spiro atoms. The maximum absolute atomic E-state index is 13.0. The van der Waals surface area contributed by atoms with Crippen LogP contribution in [0.4, 0.5) is 8.78 Å². The van der Waals surface area contributed by atoms with Crippen molar-refractivity contribution in [3.8, 4) is 22.8 Å². The van der Waals surface area contributed by atoms with Crippen LogP contribution in [0.25, 0.3) is 11.3 Å². The van der Waals surface area contributed by atoms with E-state index in [4.69, 9.17) is 6.58 Å². The Bertz CT molecular complexity index is 919. The van der Waals surface area contributed by atoms with Crippen LogP contribution in [-0.4, -0.2) is 34.2 Å². The molecule has 1 radical (unpaired) electrons. The molecule has 2 aromatic rings. The Morgan fingerprint density at radius 2 is 1.86 bits per heavy atom. The van der Waals surface area contributed by atoms with Gasteiger partial charge in [-0.25, -0.2) is 0 Å². The fourth-order valence-corrected chi connectivity index (χ4v) is 2.23. The Balaban J connectivity index is 0.00000243. The number of hydrogen-bond donors (Lipinski definition) is 2. The Hall–Kier alpha value is -2.37. The minimum absolute atomic E-state index is 0. The molecule has 0 unspecified atom stereocenters. The van der Waals surface area contributed by atoms with E-state index in [-0.39, 0.29) is 53.9 Å². The van der Waals surface area contributed by atoms with E-state index in [1.807, 2.05) is 0 Å². The van der Waals surface area contributed by atoms with Gasteiger partial charge < -0.3 is 44.2 Å². The summed E-state index contributed by atoms with van der Waals surface area (Å²) in [5.74, 6) is -0.894. The van der Waals surface area contributed by atoms with Crippen LogP contribution in [0.5, 0.6) is 11.5 Å². The number of halogens is 2. The molecule has 0 aliphatic carbocycles. The molecule has 0 fully saturated rings. The van der Waals surface area contributed by atoms with Crippen molar-refractivity contribution in [3.05, 3.63) is 65.8 Å². The molecule has 6 N–H and O–H groups in total. The first-order valence-electron chi connectivity index (χ1n) is 7.12. The molecule has 1 aromatic heterocycles. The van der Waals surface area contributed by atoms with Gasteiger partial charge in [-0.05, 0) is 30.3 Å². The number of carbonyl (C=O) groups excluding carboxylic acids is 1. The van der Waals surface area contributed by atoms with Crippen LogP contribution in [0.3, 0.4) is 0 Å². The second kappa shape index (κ2) is 9.71. The molecular formula is C17H16F2N2O6Sc-2. The third-order valence-corrected chi connectivity index (χ3v) is 3.42. The zero-order chi connectivity index (χ0) is 18.2. The van der Waals surface area contributed by atoms with Crippen molar-refractivity contribution in [1.29, 1.82) is 0 Å². The van der Waals surface area contributed by atoms with Gasteiger partial charge in [-0.2, -0.15) is 0 Å². The van der Waals surface area contributed by atoms with Crippen LogP contribution in [0.2, 0.25) is 0 Å². The molecule has 11 heteroatoms. The second-order valence-electron chi connectivity index (χ2n) is 5.22. The summed E-state index contributed by atoms with van der Waals surface area (Å²) in [5.41, 5.74) is -0.0529. The number of benzene rings is 1. The number of aromatic amines is 1. The number of amides is 1. The number of nitrogens with one attached hydrogen (secondary N) is 2. The summed E-state index contributed by atoms with van der Waals surface area (Å²) in [6, 6.07) is 6.21. The smallest absolute Gasteiger partial charge is 0.519 e. The van der Waals surface area contributed by atoms with E-state index in [1.54, 1.807) is 0 Å². The van der Waals surface area contributed by atoms with Crippen molar-refractivity contribution in [2.75, 3.05) is 0 Å². The van der Waals surface area contributed by atoms with E-state index in [2.05, 4.69) is 26.7 Å². The Kier molecular flexibility index (Phi) is 8.89. The number of hydrogen-bond acceptors (Lipinski definition) is 4. The summed E-state index contributed by atoms with van der Waals surface area (Å²) in [4.78, 5) is 26.6. The Morgan fingerprint density at radius 1 is 1.21 bits per heavy atom. The van der Waals surface area contributed by atoms with Crippen molar-refractivity contribution < 1.29 is 59.8 Å². The molecule has 0 saturated carbocycles. The van der Waals surface area contributed by atoms with Gasteiger partial charge in [0, 0.05) is 37.1 Å². The van der Waals surface area contributed by atoms with E-state index in [9.17, 15) is 18.4 Å². The maximum atomic E-state index is 13.0.